The van der Waals surface area contributed by atoms with Crippen molar-refractivity contribution in [3.63, 3.8) is 0 Å². The molecule has 0 radical (unpaired) electrons. The molecule has 35 heavy (non-hydrogen) atoms. The third kappa shape index (κ3) is 5.37. The molecule has 1 saturated heterocycles. The number of nitrogen functional groups attached to an aromatic ring is 1. The van der Waals surface area contributed by atoms with Gasteiger partial charge in [-0.15, -0.1) is 11.8 Å². The number of halogens is 1. The van der Waals surface area contributed by atoms with Crippen molar-refractivity contribution in [1.29, 1.82) is 0 Å². The van der Waals surface area contributed by atoms with Gasteiger partial charge in [0.2, 0.25) is 0 Å². The van der Waals surface area contributed by atoms with Crippen LogP contribution in [0.25, 0.3) is 34.0 Å². The van der Waals surface area contributed by atoms with E-state index >= 15 is 0 Å². The fraction of sp³-hybridized carbons (Fsp3) is 0.269. The number of rotatable bonds is 7. The minimum Gasteiger partial charge on any atom is -0.382 e. The van der Waals surface area contributed by atoms with Crippen molar-refractivity contribution in [3.8, 4) is 34.0 Å². The maximum Gasteiger partial charge on any atom is 0.189 e. The molecule has 0 aliphatic carbocycles. The zero-order valence-electron chi connectivity index (χ0n) is 19.3. The highest BCUT2D eigenvalue weighted by atomic mass is 32.2. The Kier molecular flexibility index (Phi) is 7.08. The molecule has 180 valence electrons. The molecule has 3 heterocycles. The molecule has 7 nitrogen and oxygen atoms in total. The molecule has 2 aromatic heterocycles. The summed E-state index contributed by atoms with van der Waals surface area (Å²) in [6.07, 6.45) is 3.78. The second-order valence-electron chi connectivity index (χ2n) is 8.36. The highest BCUT2D eigenvalue weighted by Gasteiger charge is 2.18. The van der Waals surface area contributed by atoms with Crippen LogP contribution in [0.5, 0.6) is 0 Å². The molecule has 0 amide bonds. The number of aromatic nitrogens is 3. The zero-order valence-corrected chi connectivity index (χ0v) is 20.1. The van der Waals surface area contributed by atoms with Gasteiger partial charge in [0, 0.05) is 47.1 Å². The minimum absolute atomic E-state index is 0.216. The van der Waals surface area contributed by atoms with Crippen LogP contribution in [-0.2, 0) is 11.3 Å². The van der Waals surface area contributed by atoms with Gasteiger partial charge in [0.1, 0.15) is 11.5 Å². The van der Waals surface area contributed by atoms with E-state index in [-0.39, 0.29) is 11.6 Å². The first kappa shape index (κ1) is 23.5. The molecule has 1 aliphatic heterocycles. The Labute approximate surface area is 207 Å². The summed E-state index contributed by atoms with van der Waals surface area (Å²) in [5.41, 5.74) is 9.62. The largest absolute Gasteiger partial charge is 0.382 e. The molecule has 0 saturated carbocycles. The number of anilines is 1. The highest BCUT2D eigenvalue weighted by molar-refractivity contribution is 8.00. The number of nitrogens with zero attached hydrogens (tertiary/aromatic N) is 3. The number of nitrogens with two attached hydrogens (primary N) is 1. The van der Waals surface area contributed by atoms with E-state index in [0.29, 0.717) is 40.2 Å². The van der Waals surface area contributed by atoms with Crippen LogP contribution in [0.15, 0.2) is 64.1 Å². The van der Waals surface area contributed by atoms with Crippen LogP contribution in [0, 0.1) is 5.82 Å². The van der Waals surface area contributed by atoms with Crippen LogP contribution >= 0.6 is 11.8 Å². The monoisotopic (exact) mass is 491 g/mol. The fourth-order valence-electron chi connectivity index (χ4n) is 4.00. The summed E-state index contributed by atoms with van der Waals surface area (Å²) in [6, 6.07) is 14.9. The predicted molar refractivity (Wildman–Crippen MR) is 135 cm³/mol. The standard InChI is InChI=1S/C26H26FN5O2S/c1-29-14-16-2-7-20(21(27)12-16)22-13-24(34-32-22)25-26(28)30-15-23(31-25)17-3-5-18(6-4-17)35-19-8-10-33-11-9-19/h2-7,12-13,15,19,29H,8-11,14H2,1H3,(H2,28,30). The molecule has 9 heteroatoms. The molecule has 1 aliphatic rings. The summed E-state index contributed by atoms with van der Waals surface area (Å²) in [4.78, 5) is 10.2. The Morgan fingerprint density at radius 3 is 2.63 bits per heavy atom. The molecular weight excluding hydrogens is 465 g/mol. The summed E-state index contributed by atoms with van der Waals surface area (Å²) >= 11 is 1.88. The molecule has 5 rings (SSSR count). The number of benzene rings is 2. The number of thioether (sulfide) groups is 1. The third-order valence-corrected chi connectivity index (χ3v) is 7.20. The Morgan fingerprint density at radius 2 is 1.89 bits per heavy atom. The van der Waals surface area contributed by atoms with Gasteiger partial charge < -0.3 is 20.3 Å². The van der Waals surface area contributed by atoms with Crippen molar-refractivity contribution >= 4 is 17.6 Å². The van der Waals surface area contributed by atoms with Gasteiger partial charge in [-0.25, -0.2) is 14.4 Å². The second kappa shape index (κ2) is 10.6. The molecule has 0 atom stereocenters. The Morgan fingerprint density at radius 1 is 1.09 bits per heavy atom. The lowest BCUT2D eigenvalue weighted by Gasteiger charge is -2.21. The van der Waals surface area contributed by atoms with Crippen LogP contribution in [-0.4, -0.2) is 40.6 Å². The number of ether oxygens (including phenoxy) is 1. The quantitative estimate of drug-likeness (QED) is 0.365. The van der Waals surface area contributed by atoms with E-state index in [2.05, 4.69) is 32.6 Å². The van der Waals surface area contributed by atoms with E-state index in [1.165, 1.54) is 11.0 Å². The van der Waals surface area contributed by atoms with Gasteiger partial charge in [0.25, 0.3) is 0 Å². The van der Waals surface area contributed by atoms with Crippen molar-refractivity contribution in [2.45, 2.75) is 29.5 Å². The van der Waals surface area contributed by atoms with Gasteiger partial charge in [-0.1, -0.05) is 23.4 Å². The SMILES string of the molecule is CNCc1ccc(-c2cc(-c3nc(-c4ccc(SC5CCOCC5)cc4)cnc3N)on2)c(F)c1. The summed E-state index contributed by atoms with van der Waals surface area (Å²) in [5, 5.41) is 7.64. The molecule has 1 fully saturated rings. The summed E-state index contributed by atoms with van der Waals surface area (Å²) < 4.78 is 25.6. The lowest BCUT2D eigenvalue weighted by atomic mass is 10.1. The van der Waals surface area contributed by atoms with Crippen molar-refractivity contribution in [1.82, 2.24) is 20.4 Å². The van der Waals surface area contributed by atoms with E-state index in [0.717, 1.165) is 37.2 Å². The lowest BCUT2D eigenvalue weighted by molar-refractivity contribution is 0.100. The van der Waals surface area contributed by atoms with Gasteiger partial charge in [0.05, 0.1) is 11.9 Å². The second-order valence-corrected chi connectivity index (χ2v) is 9.74. The maximum absolute atomic E-state index is 14.6. The van der Waals surface area contributed by atoms with Crippen molar-refractivity contribution < 1.29 is 13.7 Å². The van der Waals surface area contributed by atoms with Gasteiger partial charge in [0.15, 0.2) is 17.3 Å². The molecule has 0 spiro atoms. The van der Waals surface area contributed by atoms with E-state index in [9.17, 15) is 4.39 Å². The Balaban J connectivity index is 1.37. The Hall–Kier alpha value is -3.27. The van der Waals surface area contributed by atoms with E-state index < -0.39 is 0 Å². The molecule has 0 bridgehead atoms. The van der Waals surface area contributed by atoms with Gasteiger partial charge >= 0.3 is 0 Å². The lowest BCUT2D eigenvalue weighted by Crippen LogP contribution is -2.17. The van der Waals surface area contributed by atoms with E-state index in [4.69, 9.17) is 15.0 Å². The van der Waals surface area contributed by atoms with Crippen molar-refractivity contribution in [2.75, 3.05) is 26.0 Å². The number of hydrogen-bond donors (Lipinski definition) is 2. The fourth-order valence-corrected chi connectivity index (χ4v) is 5.11. The molecule has 4 aromatic rings. The van der Waals surface area contributed by atoms with Crippen LogP contribution in [0.4, 0.5) is 10.2 Å². The van der Waals surface area contributed by atoms with Crippen LogP contribution in [0.3, 0.4) is 0 Å². The van der Waals surface area contributed by atoms with Crippen molar-refractivity contribution in [2.24, 2.45) is 0 Å². The first-order valence-electron chi connectivity index (χ1n) is 11.5. The molecular formula is C26H26FN5O2S. The van der Waals surface area contributed by atoms with Gasteiger partial charge in [-0.05, 0) is 49.7 Å². The predicted octanol–water partition coefficient (Wildman–Crippen LogP) is 5.18. The van der Waals surface area contributed by atoms with E-state index in [1.54, 1.807) is 18.3 Å². The Bertz CT molecular complexity index is 1310. The summed E-state index contributed by atoms with van der Waals surface area (Å²) in [7, 11) is 1.82. The van der Waals surface area contributed by atoms with Crippen LogP contribution in [0.2, 0.25) is 0 Å². The average molecular weight is 492 g/mol. The zero-order chi connectivity index (χ0) is 24.2. The molecule has 3 N–H and O–H groups in total. The molecule has 2 aromatic carbocycles. The molecule has 0 unspecified atom stereocenters. The summed E-state index contributed by atoms with van der Waals surface area (Å²) in [6.45, 7) is 2.24. The normalized spacial score (nSPS) is 14.3. The first-order chi connectivity index (χ1) is 17.1. The average Bonchev–Trinajstić information content (AvgIpc) is 3.36. The first-order valence-corrected chi connectivity index (χ1v) is 12.4. The maximum atomic E-state index is 14.6. The number of nitrogens with one attached hydrogen (secondary N) is 1. The minimum atomic E-state index is -0.371. The van der Waals surface area contributed by atoms with Gasteiger partial charge in [-0.3, -0.25) is 0 Å². The third-order valence-electron chi connectivity index (χ3n) is 5.86. The van der Waals surface area contributed by atoms with Crippen LogP contribution in [0.1, 0.15) is 18.4 Å². The summed E-state index contributed by atoms with van der Waals surface area (Å²) in [5.74, 6) is 0.175. The highest BCUT2D eigenvalue weighted by Crippen LogP contribution is 2.33. The van der Waals surface area contributed by atoms with Crippen LogP contribution < -0.4 is 11.1 Å². The van der Waals surface area contributed by atoms with E-state index in [1.807, 2.05) is 37.0 Å². The smallest absolute Gasteiger partial charge is 0.189 e. The van der Waals surface area contributed by atoms with Crippen molar-refractivity contribution in [3.05, 3.63) is 66.1 Å². The van der Waals surface area contributed by atoms with Gasteiger partial charge in [-0.2, -0.15) is 0 Å². The topological polar surface area (TPSA) is 99.1 Å². The number of hydrogen-bond acceptors (Lipinski definition) is 8.